The Balaban J connectivity index is 1.47. The highest BCUT2D eigenvalue weighted by Gasteiger charge is 2.39. The summed E-state index contributed by atoms with van der Waals surface area (Å²) < 4.78 is 54.5. The summed E-state index contributed by atoms with van der Waals surface area (Å²) in [4.78, 5) is 13.3. The Morgan fingerprint density at radius 2 is 1.36 bits per heavy atom. The van der Waals surface area contributed by atoms with Crippen LogP contribution in [-0.2, 0) is 24.8 Å². The minimum atomic E-state index is -3.79. The van der Waals surface area contributed by atoms with Crippen LogP contribution in [0.25, 0.3) is 0 Å². The normalized spacial score (nSPS) is 20.6. The van der Waals surface area contributed by atoms with Gasteiger partial charge in [0.15, 0.2) is 0 Å². The zero-order valence-corrected chi connectivity index (χ0v) is 20.2. The highest BCUT2D eigenvalue weighted by Crippen LogP contribution is 2.28. The predicted octanol–water partition coefficient (Wildman–Crippen LogP) is 2.96. The molecule has 8 nitrogen and oxygen atoms in total. The van der Waals surface area contributed by atoms with Crippen molar-refractivity contribution in [3.8, 4) is 0 Å². The van der Waals surface area contributed by atoms with Crippen molar-refractivity contribution in [2.45, 2.75) is 54.9 Å². The van der Waals surface area contributed by atoms with Gasteiger partial charge in [0, 0.05) is 25.3 Å². The minimum Gasteiger partial charge on any atom is -0.325 e. The molecule has 10 heteroatoms. The smallest absolute Gasteiger partial charge is 0.243 e. The summed E-state index contributed by atoms with van der Waals surface area (Å²) in [6.45, 7) is 3.20. The second-order valence-electron chi connectivity index (χ2n) is 8.57. The highest BCUT2D eigenvalue weighted by molar-refractivity contribution is 7.89. The number of aryl methyl sites for hydroxylation is 1. The van der Waals surface area contributed by atoms with Crippen molar-refractivity contribution in [3.05, 3.63) is 54.1 Å². The van der Waals surface area contributed by atoms with E-state index in [1.165, 1.54) is 20.7 Å². The number of nitrogens with one attached hydrogen (secondary N) is 1. The molecule has 0 saturated carbocycles. The molecule has 2 aromatic rings. The molecule has 1 unspecified atom stereocenters. The molecule has 2 heterocycles. The van der Waals surface area contributed by atoms with E-state index in [0.29, 0.717) is 31.6 Å². The molecule has 33 heavy (non-hydrogen) atoms. The van der Waals surface area contributed by atoms with Gasteiger partial charge < -0.3 is 5.32 Å². The SMILES string of the molecule is Cc1ccc(S(=O)(=O)N2CCCC2C(=O)Nc2ccc(S(=O)(=O)N3CCCCC3)cc2)cc1. The predicted molar refractivity (Wildman–Crippen MR) is 126 cm³/mol. The number of hydrogen-bond acceptors (Lipinski definition) is 5. The fourth-order valence-corrected chi connectivity index (χ4v) is 7.50. The highest BCUT2D eigenvalue weighted by atomic mass is 32.2. The molecule has 0 aromatic heterocycles. The van der Waals surface area contributed by atoms with Crippen LogP contribution in [0.5, 0.6) is 0 Å². The van der Waals surface area contributed by atoms with Crippen LogP contribution in [0.1, 0.15) is 37.7 Å². The van der Waals surface area contributed by atoms with Gasteiger partial charge in [0.25, 0.3) is 0 Å². The van der Waals surface area contributed by atoms with E-state index in [4.69, 9.17) is 0 Å². The van der Waals surface area contributed by atoms with E-state index in [9.17, 15) is 21.6 Å². The topological polar surface area (TPSA) is 104 Å². The van der Waals surface area contributed by atoms with Crippen LogP contribution in [0.3, 0.4) is 0 Å². The van der Waals surface area contributed by atoms with Crippen LogP contribution >= 0.6 is 0 Å². The molecular formula is C23H29N3O5S2. The number of benzene rings is 2. The molecule has 2 fully saturated rings. The molecule has 1 atom stereocenters. The molecule has 0 radical (unpaired) electrons. The molecule has 2 aliphatic heterocycles. The van der Waals surface area contributed by atoms with Crippen LogP contribution in [-0.4, -0.2) is 57.0 Å². The van der Waals surface area contributed by atoms with Gasteiger partial charge in [0.1, 0.15) is 6.04 Å². The Kier molecular flexibility index (Phi) is 6.90. The fraction of sp³-hybridized carbons (Fsp3) is 0.435. The first-order chi connectivity index (χ1) is 15.7. The van der Waals surface area contributed by atoms with E-state index >= 15 is 0 Å². The Morgan fingerprint density at radius 3 is 2.00 bits per heavy atom. The van der Waals surface area contributed by atoms with Gasteiger partial charge in [-0.1, -0.05) is 24.1 Å². The fourth-order valence-electron chi connectivity index (χ4n) is 4.33. The molecular weight excluding hydrogens is 462 g/mol. The molecule has 4 rings (SSSR count). The number of anilines is 1. The largest absolute Gasteiger partial charge is 0.325 e. The monoisotopic (exact) mass is 491 g/mol. The number of carbonyl (C=O) groups is 1. The van der Waals surface area contributed by atoms with Crippen molar-refractivity contribution in [3.63, 3.8) is 0 Å². The Bertz CT molecular complexity index is 1200. The quantitative estimate of drug-likeness (QED) is 0.669. The van der Waals surface area contributed by atoms with Gasteiger partial charge in [-0.05, 0) is 69.0 Å². The Hall–Kier alpha value is -2.27. The standard InChI is InChI=1S/C23H29N3O5S2/c1-18-7-11-21(12-8-18)33(30,31)26-17-5-6-22(26)23(27)24-19-9-13-20(14-10-19)32(28,29)25-15-3-2-4-16-25/h7-14,22H,2-6,15-17H2,1H3,(H,24,27). The van der Waals surface area contributed by atoms with Crippen molar-refractivity contribution in [1.29, 1.82) is 0 Å². The summed E-state index contributed by atoms with van der Waals surface area (Å²) in [6.07, 6.45) is 3.77. The number of amides is 1. The molecule has 178 valence electrons. The second kappa shape index (κ2) is 9.54. The summed E-state index contributed by atoms with van der Waals surface area (Å²) in [5.41, 5.74) is 1.38. The lowest BCUT2D eigenvalue weighted by molar-refractivity contribution is -0.119. The van der Waals surface area contributed by atoms with Crippen molar-refractivity contribution in [2.75, 3.05) is 25.0 Å². The van der Waals surface area contributed by atoms with Crippen molar-refractivity contribution < 1.29 is 21.6 Å². The maximum Gasteiger partial charge on any atom is 0.243 e. The lowest BCUT2D eigenvalue weighted by Gasteiger charge is -2.26. The van der Waals surface area contributed by atoms with Gasteiger partial charge in [-0.2, -0.15) is 8.61 Å². The van der Waals surface area contributed by atoms with Crippen LogP contribution in [0, 0.1) is 6.92 Å². The molecule has 0 bridgehead atoms. The Labute approximate surface area is 195 Å². The van der Waals surface area contributed by atoms with Crippen molar-refractivity contribution >= 4 is 31.6 Å². The van der Waals surface area contributed by atoms with Crippen LogP contribution < -0.4 is 5.32 Å². The third-order valence-corrected chi connectivity index (χ3v) is 10.0. The number of rotatable bonds is 6. The van der Waals surface area contributed by atoms with Crippen LogP contribution in [0.4, 0.5) is 5.69 Å². The van der Waals surface area contributed by atoms with Crippen molar-refractivity contribution in [1.82, 2.24) is 8.61 Å². The van der Waals surface area contributed by atoms with Gasteiger partial charge in [0.05, 0.1) is 9.79 Å². The van der Waals surface area contributed by atoms with Gasteiger partial charge in [-0.25, -0.2) is 16.8 Å². The molecule has 2 saturated heterocycles. The molecule has 0 aliphatic carbocycles. The third-order valence-electron chi connectivity index (χ3n) is 6.21. The summed E-state index contributed by atoms with van der Waals surface area (Å²) in [7, 11) is -7.34. The van der Waals surface area contributed by atoms with E-state index in [1.54, 1.807) is 36.4 Å². The van der Waals surface area contributed by atoms with Crippen LogP contribution in [0.15, 0.2) is 58.3 Å². The minimum absolute atomic E-state index is 0.167. The maximum atomic E-state index is 13.1. The summed E-state index contributed by atoms with van der Waals surface area (Å²) in [6, 6.07) is 11.8. The number of carbonyl (C=O) groups excluding carboxylic acids is 1. The van der Waals surface area contributed by atoms with E-state index in [0.717, 1.165) is 24.8 Å². The third kappa shape index (κ3) is 4.98. The van der Waals surface area contributed by atoms with Gasteiger partial charge in [-0.3, -0.25) is 4.79 Å². The number of piperidine rings is 1. The number of nitrogens with zero attached hydrogens (tertiary/aromatic N) is 2. The number of sulfonamides is 2. The maximum absolute atomic E-state index is 13.1. The van der Waals surface area contributed by atoms with E-state index in [2.05, 4.69) is 5.32 Å². The van der Waals surface area contributed by atoms with Gasteiger partial charge in [-0.15, -0.1) is 0 Å². The first-order valence-corrected chi connectivity index (χ1v) is 14.1. The lowest BCUT2D eigenvalue weighted by Crippen LogP contribution is -2.43. The second-order valence-corrected chi connectivity index (χ2v) is 12.4. The lowest BCUT2D eigenvalue weighted by atomic mass is 10.2. The average molecular weight is 492 g/mol. The van der Waals surface area contributed by atoms with Crippen LogP contribution in [0.2, 0.25) is 0 Å². The van der Waals surface area contributed by atoms with E-state index < -0.39 is 32.0 Å². The molecule has 0 spiro atoms. The zero-order chi connectivity index (χ0) is 23.6. The molecule has 2 aliphatic rings. The summed E-state index contributed by atoms with van der Waals surface area (Å²) in [5, 5.41) is 2.75. The van der Waals surface area contributed by atoms with Gasteiger partial charge >= 0.3 is 0 Å². The summed E-state index contributed by atoms with van der Waals surface area (Å²) in [5.74, 6) is -0.421. The van der Waals surface area contributed by atoms with Gasteiger partial charge in [0.2, 0.25) is 26.0 Å². The Morgan fingerprint density at radius 1 is 0.788 bits per heavy atom. The first-order valence-electron chi connectivity index (χ1n) is 11.2. The zero-order valence-electron chi connectivity index (χ0n) is 18.6. The van der Waals surface area contributed by atoms with E-state index in [1.807, 2.05) is 6.92 Å². The number of hydrogen-bond donors (Lipinski definition) is 1. The molecule has 1 N–H and O–H groups in total. The van der Waals surface area contributed by atoms with Crippen molar-refractivity contribution in [2.24, 2.45) is 0 Å². The first kappa shape index (κ1) is 23.9. The molecule has 1 amide bonds. The summed E-state index contributed by atoms with van der Waals surface area (Å²) >= 11 is 0. The van der Waals surface area contributed by atoms with E-state index in [-0.39, 0.29) is 16.3 Å². The average Bonchev–Trinajstić information content (AvgIpc) is 3.32. The molecule has 2 aromatic carbocycles.